The van der Waals surface area contributed by atoms with Crippen LogP contribution in [0.4, 0.5) is 5.69 Å². The Balaban J connectivity index is 1.87. The predicted molar refractivity (Wildman–Crippen MR) is 71.7 cm³/mol. The molecule has 1 amide bonds. The molecule has 1 aromatic carbocycles. The van der Waals surface area contributed by atoms with Gasteiger partial charge in [0.1, 0.15) is 5.75 Å². The first kappa shape index (κ1) is 12.7. The number of carbonyl (C=O) groups is 1. The maximum absolute atomic E-state index is 12.2. The number of nitrogens with zero attached hydrogens (tertiary/aromatic N) is 3. The van der Waals surface area contributed by atoms with Crippen LogP contribution in [0.2, 0.25) is 0 Å². The fourth-order valence-electron chi connectivity index (χ4n) is 2.44. The molecule has 1 aliphatic heterocycles. The molecule has 0 radical (unpaired) electrons. The van der Waals surface area contributed by atoms with Crippen molar-refractivity contribution in [3.8, 4) is 5.75 Å². The van der Waals surface area contributed by atoms with E-state index in [1.165, 1.54) is 0 Å². The highest BCUT2D eigenvalue weighted by Crippen LogP contribution is 2.35. The lowest BCUT2D eigenvalue weighted by atomic mass is 10.1. The van der Waals surface area contributed by atoms with Crippen LogP contribution in [0.15, 0.2) is 28.8 Å². The molecule has 0 saturated carbocycles. The fourth-order valence-corrected chi connectivity index (χ4v) is 2.44. The molecule has 1 atom stereocenters. The summed E-state index contributed by atoms with van der Waals surface area (Å²) in [5, 5.41) is 3.78. The van der Waals surface area contributed by atoms with E-state index in [1.807, 2.05) is 24.3 Å². The lowest BCUT2D eigenvalue weighted by Gasteiger charge is -2.18. The van der Waals surface area contributed by atoms with Crippen molar-refractivity contribution in [1.82, 2.24) is 10.1 Å². The summed E-state index contributed by atoms with van der Waals surface area (Å²) in [4.78, 5) is 18.1. The average molecular weight is 273 g/mol. The Bertz CT molecular complexity index is 638. The Hall–Kier alpha value is -2.37. The van der Waals surface area contributed by atoms with Crippen molar-refractivity contribution in [2.75, 3.05) is 18.6 Å². The van der Waals surface area contributed by atoms with E-state index in [0.717, 1.165) is 5.69 Å². The fraction of sp³-hybridized carbons (Fsp3) is 0.357. The number of amides is 1. The topological polar surface area (TPSA) is 68.5 Å². The van der Waals surface area contributed by atoms with Crippen LogP contribution in [0.1, 0.15) is 24.1 Å². The van der Waals surface area contributed by atoms with Gasteiger partial charge in [0.15, 0.2) is 5.82 Å². The first-order valence-corrected chi connectivity index (χ1v) is 6.42. The van der Waals surface area contributed by atoms with E-state index in [1.54, 1.807) is 18.9 Å². The van der Waals surface area contributed by atoms with Gasteiger partial charge in [0.2, 0.25) is 11.8 Å². The van der Waals surface area contributed by atoms with Crippen molar-refractivity contribution in [3.05, 3.63) is 36.0 Å². The van der Waals surface area contributed by atoms with Crippen LogP contribution in [0.25, 0.3) is 0 Å². The number of ether oxygens (including phenoxy) is 1. The molecule has 1 aliphatic rings. The summed E-state index contributed by atoms with van der Waals surface area (Å²) in [6.45, 7) is 2.29. The Kier molecular flexibility index (Phi) is 3.14. The maximum Gasteiger partial charge on any atom is 0.232 e. The van der Waals surface area contributed by atoms with E-state index in [4.69, 9.17) is 9.26 Å². The van der Waals surface area contributed by atoms with Crippen LogP contribution >= 0.6 is 0 Å². The monoisotopic (exact) mass is 273 g/mol. The van der Waals surface area contributed by atoms with Gasteiger partial charge in [-0.2, -0.15) is 4.98 Å². The quantitative estimate of drug-likeness (QED) is 0.854. The van der Waals surface area contributed by atoms with Gasteiger partial charge in [-0.25, -0.2) is 0 Å². The molecule has 1 saturated heterocycles. The van der Waals surface area contributed by atoms with Crippen molar-refractivity contribution in [2.45, 2.75) is 19.3 Å². The third kappa shape index (κ3) is 2.13. The molecule has 1 fully saturated rings. The second kappa shape index (κ2) is 4.96. The summed E-state index contributed by atoms with van der Waals surface area (Å²) >= 11 is 0. The lowest BCUT2D eigenvalue weighted by molar-refractivity contribution is -0.117. The third-order valence-corrected chi connectivity index (χ3v) is 3.39. The summed E-state index contributed by atoms with van der Waals surface area (Å²) in [6.07, 6.45) is 0.375. The van der Waals surface area contributed by atoms with Gasteiger partial charge < -0.3 is 14.2 Å². The molecule has 6 heteroatoms. The molecule has 0 bridgehead atoms. The molecule has 104 valence electrons. The number of methoxy groups -OCH3 is 1. The predicted octanol–water partition coefficient (Wildman–Crippen LogP) is 1.91. The van der Waals surface area contributed by atoms with Gasteiger partial charge in [0.25, 0.3) is 0 Å². The van der Waals surface area contributed by atoms with Gasteiger partial charge in [-0.05, 0) is 19.1 Å². The Morgan fingerprint density at radius 3 is 2.90 bits per heavy atom. The summed E-state index contributed by atoms with van der Waals surface area (Å²) in [7, 11) is 1.60. The van der Waals surface area contributed by atoms with Gasteiger partial charge in [0.05, 0.1) is 18.7 Å². The summed E-state index contributed by atoms with van der Waals surface area (Å²) in [5.74, 6) is 1.77. The van der Waals surface area contributed by atoms with E-state index in [9.17, 15) is 4.79 Å². The number of benzene rings is 1. The molecule has 2 aromatic rings. The van der Waals surface area contributed by atoms with Crippen LogP contribution < -0.4 is 9.64 Å². The zero-order chi connectivity index (χ0) is 14.1. The minimum Gasteiger partial charge on any atom is -0.495 e. The van der Waals surface area contributed by atoms with Crippen LogP contribution in [0, 0.1) is 6.92 Å². The molecular weight excluding hydrogens is 258 g/mol. The summed E-state index contributed by atoms with van der Waals surface area (Å²) in [6, 6.07) is 7.47. The molecule has 0 N–H and O–H groups in total. The number of aromatic nitrogens is 2. The number of hydrogen-bond donors (Lipinski definition) is 0. The van der Waals surface area contributed by atoms with Crippen molar-refractivity contribution < 1.29 is 14.1 Å². The molecule has 20 heavy (non-hydrogen) atoms. The van der Waals surface area contributed by atoms with Crippen LogP contribution in [-0.2, 0) is 4.79 Å². The number of anilines is 1. The normalized spacial score (nSPS) is 18.6. The van der Waals surface area contributed by atoms with Gasteiger partial charge in [0, 0.05) is 13.0 Å². The number of carbonyl (C=O) groups excluding carboxylic acids is 1. The average Bonchev–Trinajstić information content (AvgIpc) is 3.05. The number of rotatable bonds is 3. The maximum atomic E-state index is 12.2. The molecule has 1 aromatic heterocycles. The number of hydrogen-bond acceptors (Lipinski definition) is 5. The van der Waals surface area contributed by atoms with Gasteiger partial charge >= 0.3 is 0 Å². The van der Waals surface area contributed by atoms with Crippen LogP contribution in [0.5, 0.6) is 5.75 Å². The molecule has 0 aliphatic carbocycles. The molecule has 0 unspecified atom stereocenters. The second-order valence-corrected chi connectivity index (χ2v) is 4.76. The SMILES string of the molecule is COc1ccccc1N1C[C@@H](c2nc(C)no2)CC1=O. The second-order valence-electron chi connectivity index (χ2n) is 4.76. The highest BCUT2D eigenvalue weighted by molar-refractivity contribution is 5.97. The van der Waals surface area contributed by atoms with E-state index >= 15 is 0 Å². The molecular formula is C14H15N3O3. The minimum absolute atomic E-state index is 0.0374. The smallest absolute Gasteiger partial charge is 0.232 e. The van der Waals surface area contributed by atoms with Gasteiger partial charge in [-0.1, -0.05) is 17.3 Å². The zero-order valence-electron chi connectivity index (χ0n) is 11.4. The standard InChI is InChI=1S/C14H15N3O3/c1-9-15-14(20-16-9)10-7-13(18)17(8-10)11-5-3-4-6-12(11)19-2/h3-6,10H,7-8H2,1-2H3/t10-/m0/s1. The zero-order valence-corrected chi connectivity index (χ0v) is 11.4. The molecule has 6 nitrogen and oxygen atoms in total. The molecule has 2 heterocycles. The Morgan fingerprint density at radius 2 is 2.20 bits per heavy atom. The third-order valence-electron chi connectivity index (χ3n) is 3.39. The van der Waals surface area contributed by atoms with Crippen LogP contribution in [-0.4, -0.2) is 29.7 Å². The molecule has 3 rings (SSSR count). The first-order valence-electron chi connectivity index (χ1n) is 6.42. The lowest BCUT2D eigenvalue weighted by Crippen LogP contribution is -2.24. The van der Waals surface area contributed by atoms with E-state index < -0.39 is 0 Å². The highest BCUT2D eigenvalue weighted by Gasteiger charge is 2.35. The summed E-state index contributed by atoms with van der Waals surface area (Å²) < 4.78 is 10.5. The van der Waals surface area contributed by atoms with Crippen molar-refractivity contribution in [1.29, 1.82) is 0 Å². The Morgan fingerprint density at radius 1 is 1.40 bits per heavy atom. The van der Waals surface area contributed by atoms with Crippen molar-refractivity contribution in [2.24, 2.45) is 0 Å². The van der Waals surface area contributed by atoms with Crippen LogP contribution in [0.3, 0.4) is 0 Å². The van der Waals surface area contributed by atoms with E-state index in [2.05, 4.69) is 10.1 Å². The number of para-hydroxylation sites is 2. The highest BCUT2D eigenvalue weighted by atomic mass is 16.5. The minimum atomic E-state index is -0.0615. The largest absolute Gasteiger partial charge is 0.495 e. The molecule has 0 spiro atoms. The van der Waals surface area contributed by atoms with Gasteiger partial charge in [-0.3, -0.25) is 4.79 Å². The Labute approximate surface area is 116 Å². The van der Waals surface area contributed by atoms with E-state index in [0.29, 0.717) is 30.4 Å². The number of aryl methyl sites for hydroxylation is 1. The summed E-state index contributed by atoms with van der Waals surface area (Å²) in [5.41, 5.74) is 0.777. The van der Waals surface area contributed by atoms with E-state index in [-0.39, 0.29) is 11.8 Å². The first-order chi connectivity index (χ1) is 9.69. The van der Waals surface area contributed by atoms with Gasteiger partial charge in [-0.15, -0.1) is 0 Å². The van der Waals surface area contributed by atoms with Crippen molar-refractivity contribution >= 4 is 11.6 Å². The van der Waals surface area contributed by atoms with Crippen molar-refractivity contribution in [3.63, 3.8) is 0 Å².